The number of pyridine rings is 1. The molecule has 2 N–H and O–H groups in total. The maximum Gasteiger partial charge on any atom is 0.274 e. The second-order valence-electron chi connectivity index (χ2n) is 4.21. The third-order valence-electron chi connectivity index (χ3n) is 2.74. The molecule has 5 nitrogen and oxygen atoms in total. The van der Waals surface area contributed by atoms with E-state index in [2.05, 4.69) is 22.2 Å². The van der Waals surface area contributed by atoms with Crippen LogP contribution in [-0.2, 0) is 0 Å². The minimum Gasteiger partial charge on any atom is -0.381 e. The molecule has 0 atom stereocenters. The van der Waals surface area contributed by atoms with Crippen molar-refractivity contribution in [1.82, 2.24) is 4.98 Å². The molecule has 104 valence electrons. The standard InChI is InChI=1S/C16H14N4O/c1-2-8-18-13-7-9-19-15(10-13)16(21)20-14-6-4-3-5-12(14)11-17/h2-7,9-10H,1,8H2,(H,18,19)(H,20,21). The number of para-hydroxylation sites is 1. The summed E-state index contributed by atoms with van der Waals surface area (Å²) >= 11 is 0. The topological polar surface area (TPSA) is 77.8 Å². The van der Waals surface area contributed by atoms with Crippen LogP contribution >= 0.6 is 0 Å². The van der Waals surface area contributed by atoms with Gasteiger partial charge in [-0.05, 0) is 24.3 Å². The van der Waals surface area contributed by atoms with Crippen LogP contribution in [0.2, 0.25) is 0 Å². The summed E-state index contributed by atoms with van der Waals surface area (Å²) in [4.78, 5) is 16.2. The van der Waals surface area contributed by atoms with Crippen LogP contribution in [0.5, 0.6) is 0 Å². The minimum atomic E-state index is -0.361. The third kappa shape index (κ3) is 3.67. The predicted molar refractivity (Wildman–Crippen MR) is 82.0 cm³/mol. The SMILES string of the molecule is C=CCNc1ccnc(C(=O)Nc2ccccc2C#N)c1. The zero-order valence-electron chi connectivity index (χ0n) is 11.3. The molecule has 0 aliphatic carbocycles. The molecule has 0 saturated heterocycles. The molecule has 0 unspecified atom stereocenters. The molecule has 5 heteroatoms. The number of carbonyl (C=O) groups excluding carboxylic acids is 1. The smallest absolute Gasteiger partial charge is 0.274 e. The maximum atomic E-state index is 12.2. The zero-order valence-corrected chi connectivity index (χ0v) is 11.3. The summed E-state index contributed by atoms with van der Waals surface area (Å²) in [6.07, 6.45) is 3.28. The number of amides is 1. The molecule has 1 heterocycles. The van der Waals surface area contributed by atoms with Crippen LogP contribution in [0.1, 0.15) is 16.1 Å². The van der Waals surface area contributed by atoms with E-state index in [0.29, 0.717) is 17.8 Å². The highest BCUT2D eigenvalue weighted by molar-refractivity contribution is 6.04. The summed E-state index contributed by atoms with van der Waals surface area (Å²) < 4.78 is 0. The molecule has 0 saturated carbocycles. The average molecular weight is 278 g/mol. The van der Waals surface area contributed by atoms with Crippen molar-refractivity contribution in [2.45, 2.75) is 0 Å². The normalized spacial score (nSPS) is 9.48. The number of benzene rings is 1. The van der Waals surface area contributed by atoms with Crippen molar-refractivity contribution in [3.8, 4) is 6.07 Å². The molecule has 1 aromatic heterocycles. The van der Waals surface area contributed by atoms with Gasteiger partial charge < -0.3 is 10.6 Å². The Labute approximate surface area is 122 Å². The highest BCUT2D eigenvalue weighted by Gasteiger charge is 2.10. The molecule has 2 aromatic rings. The van der Waals surface area contributed by atoms with E-state index in [9.17, 15) is 4.79 Å². The number of aromatic nitrogens is 1. The first-order chi connectivity index (χ1) is 10.2. The fourth-order valence-electron chi connectivity index (χ4n) is 1.73. The van der Waals surface area contributed by atoms with Crippen LogP contribution in [0.15, 0.2) is 55.3 Å². The number of nitriles is 1. The first-order valence-corrected chi connectivity index (χ1v) is 6.36. The van der Waals surface area contributed by atoms with Crippen molar-refractivity contribution in [2.75, 3.05) is 17.2 Å². The summed E-state index contributed by atoms with van der Waals surface area (Å²) in [5, 5.41) is 14.8. The van der Waals surface area contributed by atoms with Gasteiger partial charge in [-0.2, -0.15) is 5.26 Å². The van der Waals surface area contributed by atoms with Gasteiger partial charge in [-0.25, -0.2) is 0 Å². The summed E-state index contributed by atoms with van der Waals surface area (Å²) in [5.74, 6) is -0.361. The maximum absolute atomic E-state index is 12.2. The van der Waals surface area contributed by atoms with Gasteiger partial charge in [0, 0.05) is 18.4 Å². The van der Waals surface area contributed by atoms with Crippen molar-refractivity contribution in [1.29, 1.82) is 5.26 Å². The lowest BCUT2D eigenvalue weighted by Gasteiger charge is -2.08. The van der Waals surface area contributed by atoms with Gasteiger partial charge in [-0.15, -0.1) is 6.58 Å². The molecule has 1 aromatic carbocycles. The van der Waals surface area contributed by atoms with Gasteiger partial charge in [0.2, 0.25) is 0 Å². The first-order valence-electron chi connectivity index (χ1n) is 6.36. The Morgan fingerprint density at radius 3 is 2.95 bits per heavy atom. The lowest BCUT2D eigenvalue weighted by atomic mass is 10.2. The van der Waals surface area contributed by atoms with E-state index in [1.807, 2.05) is 6.07 Å². The van der Waals surface area contributed by atoms with E-state index in [1.165, 1.54) is 0 Å². The summed E-state index contributed by atoms with van der Waals surface area (Å²) in [5.41, 5.74) is 1.93. The van der Waals surface area contributed by atoms with Crippen LogP contribution in [0, 0.1) is 11.3 Å². The fourth-order valence-corrected chi connectivity index (χ4v) is 1.73. The molecule has 0 aliphatic rings. The summed E-state index contributed by atoms with van der Waals surface area (Å²) in [7, 11) is 0. The monoisotopic (exact) mass is 278 g/mol. The second kappa shape index (κ2) is 6.87. The number of hydrogen-bond donors (Lipinski definition) is 2. The summed E-state index contributed by atoms with van der Waals surface area (Å²) in [6, 6.07) is 12.3. The van der Waals surface area contributed by atoms with Gasteiger partial charge in [0.05, 0.1) is 11.3 Å². The third-order valence-corrected chi connectivity index (χ3v) is 2.74. The van der Waals surface area contributed by atoms with Crippen molar-refractivity contribution in [2.24, 2.45) is 0 Å². The molecule has 2 rings (SSSR count). The predicted octanol–water partition coefficient (Wildman–Crippen LogP) is 2.80. The molecule has 21 heavy (non-hydrogen) atoms. The van der Waals surface area contributed by atoms with E-state index in [4.69, 9.17) is 5.26 Å². The Bertz CT molecular complexity index is 703. The van der Waals surface area contributed by atoms with E-state index in [0.717, 1.165) is 5.69 Å². The van der Waals surface area contributed by atoms with Gasteiger partial charge in [-0.3, -0.25) is 9.78 Å². The van der Waals surface area contributed by atoms with E-state index in [1.54, 1.807) is 48.7 Å². The van der Waals surface area contributed by atoms with Crippen LogP contribution in [-0.4, -0.2) is 17.4 Å². The van der Waals surface area contributed by atoms with Gasteiger partial charge >= 0.3 is 0 Å². The van der Waals surface area contributed by atoms with Crippen LogP contribution in [0.3, 0.4) is 0 Å². The molecule has 0 fully saturated rings. The average Bonchev–Trinajstić information content (AvgIpc) is 2.53. The Morgan fingerprint density at radius 2 is 2.19 bits per heavy atom. The van der Waals surface area contributed by atoms with Gasteiger partial charge in [0.15, 0.2) is 0 Å². The lowest BCUT2D eigenvalue weighted by molar-refractivity contribution is 0.102. The van der Waals surface area contributed by atoms with E-state index in [-0.39, 0.29) is 11.6 Å². The number of nitrogens with one attached hydrogen (secondary N) is 2. The molecule has 0 radical (unpaired) electrons. The van der Waals surface area contributed by atoms with Crippen LogP contribution in [0.4, 0.5) is 11.4 Å². The highest BCUT2D eigenvalue weighted by Crippen LogP contribution is 2.15. The number of nitrogens with zero attached hydrogens (tertiary/aromatic N) is 2. The lowest BCUT2D eigenvalue weighted by Crippen LogP contribution is -2.15. The number of anilines is 2. The second-order valence-corrected chi connectivity index (χ2v) is 4.21. The Hall–Kier alpha value is -3.13. The highest BCUT2D eigenvalue weighted by atomic mass is 16.1. The van der Waals surface area contributed by atoms with Crippen molar-refractivity contribution < 1.29 is 4.79 Å². The van der Waals surface area contributed by atoms with Gasteiger partial charge in [0.1, 0.15) is 11.8 Å². The van der Waals surface area contributed by atoms with Gasteiger partial charge in [-0.1, -0.05) is 18.2 Å². The van der Waals surface area contributed by atoms with Crippen molar-refractivity contribution >= 4 is 17.3 Å². The Morgan fingerprint density at radius 1 is 1.38 bits per heavy atom. The van der Waals surface area contributed by atoms with Gasteiger partial charge in [0.25, 0.3) is 5.91 Å². The molecular formula is C16H14N4O. The van der Waals surface area contributed by atoms with E-state index < -0.39 is 0 Å². The van der Waals surface area contributed by atoms with Crippen LogP contribution in [0.25, 0.3) is 0 Å². The Kier molecular flexibility index (Phi) is 4.67. The van der Waals surface area contributed by atoms with Crippen LogP contribution < -0.4 is 10.6 Å². The first kappa shape index (κ1) is 14.3. The van der Waals surface area contributed by atoms with E-state index >= 15 is 0 Å². The number of rotatable bonds is 5. The number of hydrogen-bond acceptors (Lipinski definition) is 4. The molecule has 1 amide bonds. The molecular weight excluding hydrogens is 264 g/mol. The minimum absolute atomic E-state index is 0.275. The summed E-state index contributed by atoms with van der Waals surface area (Å²) in [6.45, 7) is 4.22. The quantitative estimate of drug-likeness (QED) is 0.824. The van der Waals surface area contributed by atoms with Crippen molar-refractivity contribution in [3.63, 3.8) is 0 Å². The molecule has 0 spiro atoms. The molecule has 0 bridgehead atoms. The zero-order chi connectivity index (χ0) is 15.1. The fraction of sp³-hybridized carbons (Fsp3) is 0.0625. The number of carbonyl (C=O) groups is 1. The largest absolute Gasteiger partial charge is 0.381 e. The Balaban J connectivity index is 2.17. The van der Waals surface area contributed by atoms with Crippen molar-refractivity contribution in [3.05, 3.63) is 66.5 Å². The molecule has 0 aliphatic heterocycles.